The lowest BCUT2D eigenvalue weighted by Gasteiger charge is -2.38. The highest BCUT2D eigenvalue weighted by Gasteiger charge is 2.30. The number of aromatic nitrogens is 1. The van der Waals surface area contributed by atoms with Gasteiger partial charge in [0.25, 0.3) is 0 Å². The number of rotatable bonds is 5. The van der Waals surface area contributed by atoms with Crippen molar-refractivity contribution in [2.24, 2.45) is 23.5 Å². The second kappa shape index (κ2) is 7.19. The summed E-state index contributed by atoms with van der Waals surface area (Å²) < 4.78 is 0. The van der Waals surface area contributed by atoms with E-state index in [1.807, 2.05) is 12.4 Å². The van der Waals surface area contributed by atoms with Crippen molar-refractivity contribution >= 4 is 0 Å². The first-order chi connectivity index (χ1) is 9.56. The van der Waals surface area contributed by atoms with E-state index < -0.39 is 0 Å². The highest BCUT2D eigenvalue weighted by atomic mass is 15.1. The molecule has 0 saturated heterocycles. The van der Waals surface area contributed by atoms with Crippen molar-refractivity contribution in [2.75, 3.05) is 13.6 Å². The molecule has 3 unspecified atom stereocenters. The Labute approximate surface area is 123 Å². The molecule has 20 heavy (non-hydrogen) atoms. The van der Waals surface area contributed by atoms with Crippen molar-refractivity contribution in [1.82, 2.24) is 9.88 Å². The van der Waals surface area contributed by atoms with Crippen LogP contribution in [0.2, 0.25) is 0 Å². The van der Waals surface area contributed by atoms with Crippen LogP contribution >= 0.6 is 0 Å². The van der Waals surface area contributed by atoms with E-state index in [-0.39, 0.29) is 0 Å². The van der Waals surface area contributed by atoms with Crippen LogP contribution in [-0.4, -0.2) is 29.5 Å². The lowest BCUT2D eigenvalue weighted by Crippen LogP contribution is -2.42. The van der Waals surface area contributed by atoms with Crippen LogP contribution in [0, 0.1) is 17.8 Å². The monoisotopic (exact) mass is 275 g/mol. The molecule has 3 heteroatoms. The van der Waals surface area contributed by atoms with E-state index in [4.69, 9.17) is 5.73 Å². The maximum Gasteiger partial charge on any atom is 0.0271 e. The summed E-state index contributed by atoms with van der Waals surface area (Å²) in [6.07, 6.45) is 7.52. The third kappa shape index (κ3) is 4.29. The molecule has 3 atom stereocenters. The Morgan fingerprint density at radius 1 is 1.30 bits per heavy atom. The number of nitrogens with zero attached hydrogens (tertiary/aromatic N) is 2. The molecule has 112 valence electrons. The molecule has 1 saturated carbocycles. The smallest absolute Gasteiger partial charge is 0.0271 e. The van der Waals surface area contributed by atoms with Gasteiger partial charge in [-0.3, -0.25) is 4.98 Å². The van der Waals surface area contributed by atoms with Crippen molar-refractivity contribution in [3.05, 3.63) is 30.1 Å². The van der Waals surface area contributed by atoms with Crippen molar-refractivity contribution in [2.45, 2.75) is 45.7 Å². The lowest BCUT2D eigenvalue weighted by atomic mass is 9.74. The second-order valence-corrected chi connectivity index (χ2v) is 6.79. The predicted molar refractivity (Wildman–Crippen MR) is 84.2 cm³/mol. The van der Waals surface area contributed by atoms with Crippen LogP contribution in [0.3, 0.4) is 0 Å². The summed E-state index contributed by atoms with van der Waals surface area (Å²) >= 11 is 0. The van der Waals surface area contributed by atoms with Gasteiger partial charge in [-0.25, -0.2) is 0 Å². The molecule has 2 rings (SSSR count). The summed E-state index contributed by atoms with van der Waals surface area (Å²) in [7, 11) is 2.20. The molecule has 3 nitrogen and oxygen atoms in total. The summed E-state index contributed by atoms with van der Waals surface area (Å²) in [5.74, 6) is 2.28. The van der Waals surface area contributed by atoms with Crippen LogP contribution < -0.4 is 5.73 Å². The quantitative estimate of drug-likeness (QED) is 0.898. The maximum atomic E-state index is 6.35. The van der Waals surface area contributed by atoms with Gasteiger partial charge in [-0.05, 0) is 61.8 Å². The Bertz CT molecular complexity index is 390. The molecule has 2 N–H and O–H groups in total. The zero-order chi connectivity index (χ0) is 14.5. The van der Waals surface area contributed by atoms with E-state index >= 15 is 0 Å². The van der Waals surface area contributed by atoms with Crippen LogP contribution in [0.25, 0.3) is 0 Å². The Kier molecular flexibility index (Phi) is 5.55. The Hall–Kier alpha value is -0.930. The first-order valence-corrected chi connectivity index (χ1v) is 7.89. The molecule has 0 aliphatic heterocycles. The largest absolute Gasteiger partial charge is 0.327 e. The minimum atomic E-state index is 0.380. The standard InChI is InChI=1S/C17H29N3/c1-13(2)15-4-5-17(18)16(10-15)12-20(3)11-14-6-8-19-9-7-14/h6-9,13,15-17H,4-5,10-12,18H2,1-3H3. The fourth-order valence-electron chi connectivity index (χ4n) is 3.40. The van der Waals surface area contributed by atoms with Crippen LogP contribution in [0.5, 0.6) is 0 Å². The fourth-order valence-corrected chi connectivity index (χ4v) is 3.40. The molecule has 1 heterocycles. The molecular formula is C17H29N3. The minimum absolute atomic E-state index is 0.380. The van der Waals surface area contributed by atoms with E-state index in [9.17, 15) is 0 Å². The Morgan fingerprint density at radius 2 is 2.00 bits per heavy atom. The zero-order valence-electron chi connectivity index (χ0n) is 13.1. The molecule has 0 spiro atoms. The highest BCUT2D eigenvalue weighted by Crippen LogP contribution is 2.33. The summed E-state index contributed by atoms with van der Waals surface area (Å²) in [4.78, 5) is 6.48. The summed E-state index contributed by atoms with van der Waals surface area (Å²) in [5.41, 5.74) is 7.67. The van der Waals surface area contributed by atoms with E-state index in [1.165, 1.54) is 24.8 Å². The third-order valence-corrected chi connectivity index (χ3v) is 4.77. The van der Waals surface area contributed by atoms with Crippen molar-refractivity contribution in [3.63, 3.8) is 0 Å². The van der Waals surface area contributed by atoms with Gasteiger partial charge in [0.05, 0.1) is 0 Å². The number of hydrogen-bond donors (Lipinski definition) is 1. The molecule has 1 aromatic heterocycles. The zero-order valence-corrected chi connectivity index (χ0v) is 13.1. The topological polar surface area (TPSA) is 42.1 Å². The van der Waals surface area contributed by atoms with Crippen molar-refractivity contribution in [1.29, 1.82) is 0 Å². The summed E-state index contributed by atoms with van der Waals surface area (Å²) in [5, 5.41) is 0. The van der Waals surface area contributed by atoms with Crippen LogP contribution in [0.15, 0.2) is 24.5 Å². The minimum Gasteiger partial charge on any atom is -0.327 e. The maximum absolute atomic E-state index is 6.35. The number of hydrogen-bond acceptors (Lipinski definition) is 3. The molecule has 1 aliphatic rings. The van der Waals surface area contributed by atoms with Gasteiger partial charge in [0.15, 0.2) is 0 Å². The van der Waals surface area contributed by atoms with E-state index in [0.717, 1.165) is 24.9 Å². The molecular weight excluding hydrogens is 246 g/mol. The lowest BCUT2D eigenvalue weighted by molar-refractivity contribution is 0.147. The molecule has 1 fully saturated rings. The third-order valence-electron chi connectivity index (χ3n) is 4.77. The van der Waals surface area contributed by atoms with Gasteiger partial charge < -0.3 is 10.6 Å². The molecule has 0 amide bonds. The van der Waals surface area contributed by atoms with Crippen LogP contribution in [-0.2, 0) is 6.54 Å². The van der Waals surface area contributed by atoms with Gasteiger partial charge in [0, 0.05) is 31.5 Å². The normalized spacial score (nSPS) is 27.2. The highest BCUT2D eigenvalue weighted by molar-refractivity contribution is 5.09. The van der Waals surface area contributed by atoms with Gasteiger partial charge in [-0.2, -0.15) is 0 Å². The van der Waals surface area contributed by atoms with Gasteiger partial charge in [0.2, 0.25) is 0 Å². The van der Waals surface area contributed by atoms with Crippen molar-refractivity contribution < 1.29 is 0 Å². The molecule has 0 aromatic carbocycles. The van der Waals surface area contributed by atoms with E-state index in [2.05, 4.69) is 42.9 Å². The summed E-state index contributed by atoms with van der Waals surface area (Å²) in [6, 6.07) is 4.56. The predicted octanol–water partition coefficient (Wildman–Crippen LogP) is 2.91. The van der Waals surface area contributed by atoms with Gasteiger partial charge >= 0.3 is 0 Å². The van der Waals surface area contributed by atoms with Gasteiger partial charge in [-0.15, -0.1) is 0 Å². The number of nitrogens with two attached hydrogens (primary N) is 1. The fraction of sp³-hybridized carbons (Fsp3) is 0.706. The molecule has 0 radical (unpaired) electrons. The van der Waals surface area contributed by atoms with Gasteiger partial charge in [0.1, 0.15) is 0 Å². The average molecular weight is 275 g/mol. The Morgan fingerprint density at radius 3 is 2.65 bits per heavy atom. The van der Waals surface area contributed by atoms with Crippen molar-refractivity contribution in [3.8, 4) is 0 Å². The van der Waals surface area contributed by atoms with E-state index in [0.29, 0.717) is 12.0 Å². The van der Waals surface area contributed by atoms with Gasteiger partial charge in [-0.1, -0.05) is 13.8 Å². The SMILES string of the molecule is CC(C)C1CCC(N)C(CN(C)Cc2ccncc2)C1. The molecule has 1 aliphatic carbocycles. The molecule has 0 bridgehead atoms. The second-order valence-electron chi connectivity index (χ2n) is 6.79. The summed E-state index contributed by atoms with van der Waals surface area (Å²) in [6.45, 7) is 6.78. The first kappa shape index (κ1) is 15.5. The first-order valence-electron chi connectivity index (χ1n) is 7.89. The average Bonchev–Trinajstić information content (AvgIpc) is 2.42. The number of pyridine rings is 1. The van der Waals surface area contributed by atoms with Crippen LogP contribution in [0.4, 0.5) is 0 Å². The Balaban J connectivity index is 1.87. The van der Waals surface area contributed by atoms with E-state index in [1.54, 1.807) is 0 Å². The molecule has 1 aromatic rings. The van der Waals surface area contributed by atoms with Crippen LogP contribution in [0.1, 0.15) is 38.7 Å².